The second-order valence-electron chi connectivity index (χ2n) is 3.19. The van der Waals surface area contributed by atoms with Gasteiger partial charge in [0.25, 0.3) is 0 Å². The molecule has 0 heteroatoms. The van der Waals surface area contributed by atoms with Gasteiger partial charge in [0, 0.05) is 0 Å². The molecule has 88 valence electrons. The van der Waals surface area contributed by atoms with Gasteiger partial charge in [0.05, 0.1) is 0 Å². The zero-order chi connectivity index (χ0) is 12.1. The molecular formula is C14H32. The standard InChI is InChI=1S/C10H20.2C2H6/c1-6-8(3)10(5)9(4)7-2;2*1-2/h8-9H,5-7H2,1-4H3;2*1-2H3. The fourth-order valence-electron chi connectivity index (χ4n) is 1.01. The summed E-state index contributed by atoms with van der Waals surface area (Å²) in [5.74, 6) is 1.41. The van der Waals surface area contributed by atoms with Gasteiger partial charge in [-0.05, 0) is 24.7 Å². The second kappa shape index (κ2) is 15.2. The molecule has 0 aromatic rings. The molecule has 0 fully saturated rings. The second-order valence-corrected chi connectivity index (χ2v) is 3.19. The van der Waals surface area contributed by atoms with Crippen molar-refractivity contribution in [2.24, 2.45) is 11.8 Å². The Bertz CT molecular complexity index is 90.6. The largest absolute Gasteiger partial charge is 0.0993 e. The molecule has 0 aliphatic rings. The first-order valence-electron chi connectivity index (χ1n) is 6.32. The number of allylic oxidation sites excluding steroid dienone is 1. The van der Waals surface area contributed by atoms with E-state index >= 15 is 0 Å². The third-order valence-corrected chi connectivity index (χ3v) is 2.49. The smallest absolute Gasteiger partial charge is 0.0234 e. The van der Waals surface area contributed by atoms with Crippen molar-refractivity contribution < 1.29 is 0 Å². The van der Waals surface area contributed by atoms with Gasteiger partial charge < -0.3 is 0 Å². The van der Waals surface area contributed by atoms with Crippen LogP contribution in [0.4, 0.5) is 0 Å². The van der Waals surface area contributed by atoms with E-state index in [-0.39, 0.29) is 0 Å². The van der Waals surface area contributed by atoms with Gasteiger partial charge in [-0.25, -0.2) is 0 Å². The maximum absolute atomic E-state index is 4.10. The SMILES string of the molecule is C=C(C(C)CC)C(C)CC.CC.CC. The Hall–Kier alpha value is -0.260. The quantitative estimate of drug-likeness (QED) is 0.512. The van der Waals surface area contributed by atoms with Crippen molar-refractivity contribution in [3.05, 3.63) is 12.2 Å². The minimum atomic E-state index is 0.704. The topological polar surface area (TPSA) is 0 Å². The summed E-state index contributed by atoms with van der Waals surface area (Å²) in [5.41, 5.74) is 1.42. The number of rotatable bonds is 4. The Labute approximate surface area is 92.8 Å². The van der Waals surface area contributed by atoms with E-state index in [1.165, 1.54) is 18.4 Å². The van der Waals surface area contributed by atoms with Gasteiger partial charge in [0.2, 0.25) is 0 Å². The fraction of sp³-hybridized carbons (Fsp3) is 0.857. The highest BCUT2D eigenvalue weighted by Gasteiger charge is 2.09. The normalized spacial score (nSPS) is 12.6. The maximum Gasteiger partial charge on any atom is -0.0234 e. The van der Waals surface area contributed by atoms with Crippen LogP contribution in [0.3, 0.4) is 0 Å². The summed E-state index contributed by atoms with van der Waals surface area (Å²) in [5, 5.41) is 0. The summed E-state index contributed by atoms with van der Waals surface area (Å²) >= 11 is 0. The van der Waals surface area contributed by atoms with E-state index in [0.29, 0.717) is 11.8 Å². The Balaban J connectivity index is -0.000000266. The lowest BCUT2D eigenvalue weighted by Crippen LogP contribution is -2.05. The molecule has 0 aromatic carbocycles. The van der Waals surface area contributed by atoms with Crippen LogP contribution in [-0.2, 0) is 0 Å². The maximum atomic E-state index is 4.10. The molecule has 2 atom stereocenters. The van der Waals surface area contributed by atoms with Crippen LogP contribution in [0.5, 0.6) is 0 Å². The van der Waals surface area contributed by atoms with Crippen LogP contribution < -0.4 is 0 Å². The summed E-state index contributed by atoms with van der Waals surface area (Å²) in [7, 11) is 0. The van der Waals surface area contributed by atoms with Crippen molar-refractivity contribution in [2.75, 3.05) is 0 Å². The van der Waals surface area contributed by atoms with Gasteiger partial charge >= 0.3 is 0 Å². The Morgan fingerprint density at radius 3 is 1.21 bits per heavy atom. The average Bonchev–Trinajstić information content (AvgIpc) is 2.31. The van der Waals surface area contributed by atoms with Crippen molar-refractivity contribution in [3.63, 3.8) is 0 Å². The van der Waals surface area contributed by atoms with Crippen LogP contribution in [-0.4, -0.2) is 0 Å². The summed E-state index contributed by atoms with van der Waals surface area (Å²) in [6.07, 6.45) is 2.45. The molecule has 0 heterocycles. The van der Waals surface area contributed by atoms with Crippen LogP contribution in [0.15, 0.2) is 12.2 Å². The van der Waals surface area contributed by atoms with Crippen molar-refractivity contribution >= 4 is 0 Å². The average molecular weight is 200 g/mol. The molecule has 14 heavy (non-hydrogen) atoms. The number of hydrogen-bond acceptors (Lipinski definition) is 0. The molecule has 0 aliphatic heterocycles. The predicted octanol–water partition coefficient (Wildman–Crippen LogP) is 5.69. The van der Waals surface area contributed by atoms with E-state index in [0.717, 1.165) is 0 Å². The van der Waals surface area contributed by atoms with Crippen LogP contribution in [0.25, 0.3) is 0 Å². The summed E-state index contributed by atoms with van der Waals surface area (Å²) < 4.78 is 0. The zero-order valence-corrected chi connectivity index (χ0v) is 11.8. The molecule has 0 nitrogen and oxygen atoms in total. The Morgan fingerprint density at radius 1 is 0.857 bits per heavy atom. The molecule has 0 aliphatic carbocycles. The summed E-state index contributed by atoms with van der Waals surface area (Å²) in [6, 6.07) is 0. The van der Waals surface area contributed by atoms with E-state index in [9.17, 15) is 0 Å². The fourth-order valence-corrected chi connectivity index (χ4v) is 1.01. The van der Waals surface area contributed by atoms with Crippen LogP contribution >= 0.6 is 0 Å². The molecular weight excluding hydrogens is 168 g/mol. The van der Waals surface area contributed by atoms with E-state index in [1.807, 2.05) is 27.7 Å². The van der Waals surface area contributed by atoms with Gasteiger partial charge in [-0.3, -0.25) is 0 Å². The zero-order valence-electron chi connectivity index (χ0n) is 11.8. The van der Waals surface area contributed by atoms with E-state index in [4.69, 9.17) is 0 Å². The molecule has 0 rings (SSSR count). The highest BCUT2D eigenvalue weighted by molar-refractivity contribution is 5.02. The van der Waals surface area contributed by atoms with Gasteiger partial charge in [-0.2, -0.15) is 0 Å². The lowest BCUT2D eigenvalue weighted by Gasteiger charge is -2.17. The van der Waals surface area contributed by atoms with Gasteiger partial charge in [-0.15, -0.1) is 0 Å². The van der Waals surface area contributed by atoms with Crippen molar-refractivity contribution in [2.45, 2.75) is 68.2 Å². The third kappa shape index (κ3) is 9.83. The monoisotopic (exact) mass is 200 g/mol. The van der Waals surface area contributed by atoms with E-state index in [2.05, 4.69) is 34.3 Å². The molecule has 0 N–H and O–H groups in total. The first-order chi connectivity index (χ1) is 6.63. The van der Waals surface area contributed by atoms with Crippen LogP contribution in [0.2, 0.25) is 0 Å². The van der Waals surface area contributed by atoms with Gasteiger partial charge in [-0.1, -0.05) is 67.5 Å². The molecule has 0 saturated heterocycles. The molecule has 0 bridgehead atoms. The van der Waals surface area contributed by atoms with Crippen molar-refractivity contribution in [3.8, 4) is 0 Å². The molecule has 2 unspecified atom stereocenters. The number of hydrogen-bond donors (Lipinski definition) is 0. The minimum absolute atomic E-state index is 0.704. The highest BCUT2D eigenvalue weighted by atomic mass is 14.1. The lowest BCUT2D eigenvalue weighted by atomic mass is 9.88. The summed E-state index contributed by atoms with van der Waals surface area (Å²) in [4.78, 5) is 0. The predicted molar refractivity (Wildman–Crippen MR) is 70.7 cm³/mol. The Kier molecular flexibility index (Phi) is 21.0. The van der Waals surface area contributed by atoms with E-state index < -0.39 is 0 Å². The molecule has 0 aromatic heterocycles. The first-order valence-corrected chi connectivity index (χ1v) is 6.32. The highest BCUT2D eigenvalue weighted by Crippen LogP contribution is 2.22. The summed E-state index contributed by atoms with van der Waals surface area (Å²) in [6.45, 7) is 21.1. The van der Waals surface area contributed by atoms with E-state index in [1.54, 1.807) is 0 Å². The van der Waals surface area contributed by atoms with Crippen LogP contribution in [0.1, 0.15) is 68.2 Å². The van der Waals surface area contributed by atoms with Crippen molar-refractivity contribution in [1.29, 1.82) is 0 Å². The Morgan fingerprint density at radius 2 is 1.07 bits per heavy atom. The molecule has 0 amide bonds. The van der Waals surface area contributed by atoms with Crippen LogP contribution in [0, 0.1) is 11.8 Å². The third-order valence-electron chi connectivity index (χ3n) is 2.49. The van der Waals surface area contributed by atoms with Gasteiger partial charge in [0.1, 0.15) is 0 Å². The minimum Gasteiger partial charge on any atom is -0.0993 e. The van der Waals surface area contributed by atoms with Crippen molar-refractivity contribution in [1.82, 2.24) is 0 Å². The van der Waals surface area contributed by atoms with Gasteiger partial charge in [0.15, 0.2) is 0 Å². The molecule has 0 radical (unpaired) electrons. The first kappa shape index (κ1) is 19.3. The molecule has 0 saturated carbocycles. The lowest BCUT2D eigenvalue weighted by molar-refractivity contribution is 0.533. The molecule has 0 spiro atoms.